The van der Waals surface area contributed by atoms with E-state index in [1.807, 2.05) is 6.92 Å². The summed E-state index contributed by atoms with van der Waals surface area (Å²) in [4.78, 5) is 5.09. The van der Waals surface area contributed by atoms with Crippen LogP contribution in [0.2, 0.25) is 10.0 Å². The van der Waals surface area contributed by atoms with Crippen LogP contribution in [-0.4, -0.2) is 24.9 Å². The van der Waals surface area contributed by atoms with Crippen molar-refractivity contribution in [1.82, 2.24) is 5.48 Å². The number of unbranched alkanes of at least 4 members (excludes halogenated alkanes) is 2. The lowest BCUT2D eigenvalue weighted by Gasteiger charge is -2.10. The molecule has 0 atom stereocenters. The maximum absolute atomic E-state index is 9.36. The molecule has 5 nitrogen and oxygen atoms in total. The molecule has 1 aromatic rings. The predicted molar refractivity (Wildman–Crippen MR) is 106 cm³/mol. The summed E-state index contributed by atoms with van der Waals surface area (Å²) in [5.41, 5.74) is 3.42. The van der Waals surface area contributed by atoms with Crippen molar-refractivity contribution < 1.29 is 19.4 Å². The molecule has 1 rings (SSSR count). The van der Waals surface area contributed by atoms with Crippen LogP contribution in [0.1, 0.15) is 26.2 Å². The van der Waals surface area contributed by atoms with Crippen molar-refractivity contribution in [2.45, 2.75) is 26.2 Å². The summed E-state index contributed by atoms with van der Waals surface area (Å²) in [6.45, 7) is 3.12. The number of hydrogen-bond acceptors (Lipinski definition) is 5. The van der Waals surface area contributed by atoms with Crippen molar-refractivity contribution in [1.29, 1.82) is 0 Å². The number of halogens is 4. The van der Waals surface area contributed by atoms with Crippen LogP contribution >= 0.6 is 46.4 Å². The Labute approximate surface area is 173 Å². The van der Waals surface area contributed by atoms with E-state index < -0.39 is 0 Å². The maximum Gasteiger partial charge on any atom is 0.156 e. The van der Waals surface area contributed by atoms with E-state index in [4.69, 9.17) is 60.7 Å². The summed E-state index contributed by atoms with van der Waals surface area (Å²) in [7, 11) is 0. The highest BCUT2D eigenvalue weighted by atomic mass is 35.5. The average molecular weight is 445 g/mol. The van der Waals surface area contributed by atoms with Crippen molar-refractivity contribution in [3.8, 4) is 11.5 Å². The summed E-state index contributed by atoms with van der Waals surface area (Å²) in [5.74, 6) is 0.393. The summed E-state index contributed by atoms with van der Waals surface area (Å²) >= 11 is 22.9. The van der Waals surface area contributed by atoms with Crippen LogP contribution < -0.4 is 10.2 Å². The fourth-order valence-electron chi connectivity index (χ4n) is 1.79. The molecule has 0 aliphatic carbocycles. The van der Waals surface area contributed by atoms with Gasteiger partial charge < -0.3 is 14.6 Å². The number of benzene rings is 1. The second-order valence-corrected chi connectivity index (χ2v) is 7.05. The van der Waals surface area contributed by atoms with Gasteiger partial charge in [0.05, 0.1) is 35.6 Å². The molecular weight excluding hydrogens is 424 g/mol. The van der Waals surface area contributed by atoms with Crippen LogP contribution in [0.4, 0.5) is 0 Å². The first kappa shape index (κ1) is 23.1. The number of phenolic OH excluding ortho intramolecular Hbond substituents is 1. The molecule has 0 amide bonds. The Kier molecular flexibility index (Phi) is 11.7. The minimum Gasteiger partial charge on any atom is -0.508 e. The van der Waals surface area contributed by atoms with Crippen LogP contribution in [0.5, 0.6) is 11.5 Å². The zero-order valence-corrected chi connectivity index (χ0v) is 17.3. The molecule has 0 heterocycles. The molecule has 1 aromatic carbocycles. The lowest BCUT2D eigenvalue weighted by atomic mass is 10.2. The van der Waals surface area contributed by atoms with Crippen molar-refractivity contribution in [3.05, 3.63) is 44.7 Å². The van der Waals surface area contributed by atoms with E-state index in [0.717, 1.165) is 25.0 Å². The average Bonchev–Trinajstić information content (AvgIpc) is 2.55. The SMILES string of the molecule is CC(=COCCCCCOc1c(Cl)cc(O)cc1Cl)NOCC=C(Cl)Cl. The third kappa shape index (κ3) is 10.2. The van der Waals surface area contributed by atoms with Crippen LogP contribution in [0.15, 0.2) is 34.7 Å². The number of rotatable bonds is 12. The summed E-state index contributed by atoms with van der Waals surface area (Å²) < 4.78 is 11.1. The van der Waals surface area contributed by atoms with Gasteiger partial charge in [-0.15, -0.1) is 0 Å². The lowest BCUT2D eigenvalue weighted by Crippen LogP contribution is -2.12. The molecule has 0 fully saturated rings. The molecule has 0 aliphatic heterocycles. The summed E-state index contributed by atoms with van der Waals surface area (Å²) in [6.07, 6.45) is 5.72. The first-order chi connectivity index (χ1) is 12.4. The van der Waals surface area contributed by atoms with E-state index in [9.17, 15) is 5.11 Å². The van der Waals surface area contributed by atoms with E-state index in [1.54, 1.807) is 6.26 Å². The van der Waals surface area contributed by atoms with Gasteiger partial charge in [0.15, 0.2) is 5.75 Å². The molecule has 0 saturated heterocycles. The van der Waals surface area contributed by atoms with Gasteiger partial charge in [-0.05, 0) is 32.3 Å². The minimum absolute atomic E-state index is 0.00653. The molecule has 9 heteroatoms. The Morgan fingerprint density at radius 2 is 1.77 bits per heavy atom. The molecule has 0 aliphatic rings. The van der Waals surface area contributed by atoms with E-state index in [1.165, 1.54) is 18.2 Å². The van der Waals surface area contributed by atoms with Gasteiger partial charge >= 0.3 is 0 Å². The second-order valence-electron chi connectivity index (χ2n) is 5.23. The molecule has 26 heavy (non-hydrogen) atoms. The molecule has 0 unspecified atom stereocenters. The standard InChI is InChI=1S/C17H21Cl4NO4/c1-12(22-26-8-5-16(20)21)11-24-6-3-2-4-7-25-17-14(18)9-13(23)10-15(17)19/h5,9-11,22-23H,2-4,6-8H2,1H3. The summed E-state index contributed by atoms with van der Waals surface area (Å²) in [6, 6.07) is 2.78. The van der Waals surface area contributed by atoms with Gasteiger partial charge in [-0.2, -0.15) is 0 Å². The molecule has 0 saturated carbocycles. The number of phenols is 1. The van der Waals surface area contributed by atoms with Crippen molar-refractivity contribution in [2.24, 2.45) is 0 Å². The van der Waals surface area contributed by atoms with Crippen LogP contribution in [0.25, 0.3) is 0 Å². The van der Waals surface area contributed by atoms with E-state index >= 15 is 0 Å². The highest BCUT2D eigenvalue weighted by molar-refractivity contribution is 6.55. The molecular formula is C17H21Cl4NO4. The van der Waals surface area contributed by atoms with E-state index in [-0.39, 0.29) is 26.9 Å². The van der Waals surface area contributed by atoms with Gasteiger partial charge in [0.25, 0.3) is 0 Å². The Morgan fingerprint density at radius 3 is 2.42 bits per heavy atom. The Balaban J connectivity index is 2.09. The zero-order valence-electron chi connectivity index (χ0n) is 14.2. The Hall–Kier alpha value is -0.980. The number of hydroxylamine groups is 1. The van der Waals surface area contributed by atoms with E-state index in [0.29, 0.717) is 19.0 Å². The Morgan fingerprint density at radius 1 is 1.12 bits per heavy atom. The van der Waals surface area contributed by atoms with Crippen LogP contribution in [-0.2, 0) is 9.57 Å². The normalized spacial score (nSPS) is 11.2. The molecule has 0 radical (unpaired) electrons. The summed E-state index contributed by atoms with van der Waals surface area (Å²) in [5, 5.41) is 9.94. The number of hydrogen-bond donors (Lipinski definition) is 2. The molecule has 0 bridgehead atoms. The smallest absolute Gasteiger partial charge is 0.156 e. The van der Waals surface area contributed by atoms with Crippen LogP contribution in [0, 0.1) is 0 Å². The van der Waals surface area contributed by atoms with Crippen molar-refractivity contribution >= 4 is 46.4 Å². The second kappa shape index (κ2) is 13.2. The van der Waals surface area contributed by atoms with E-state index in [2.05, 4.69) is 5.48 Å². The fraction of sp³-hybridized carbons (Fsp3) is 0.412. The minimum atomic E-state index is 0.00653. The van der Waals surface area contributed by atoms with Crippen molar-refractivity contribution in [2.75, 3.05) is 19.8 Å². The highest BCUT2D eigenvalue weighted by Gasteiger charge is 2.09. The molecule has 0 aromatic heterocycles. The first-order valence-electron chi connectivity index (χ1n) is 7.88. The van der Waals surface area contributed by atoms with Gasteiger partial charge in [-0.3, -0.25) is 10.3 Å². The largest absolute Gasteiger partial charge is 0.508 e. The topological polar surface area (TPSA) is 60.0 Å². The first-order valence-corrected chi connectivity index (χ1v) is 9.39. The number of aromatic hydroxyl groups is 1. The van der Waals surface area contributed by atoms with Gasteiger partial charge in [-0.1, -0.05) is 46.4 Å². The fourth-order valence-corrected chi connectivity index (χ4v) is 2.50. The van der Waals surface area contributed by atoms with Crippen molar-refractivity contribution in [3.63, 3.8) is 0 Å². The highest BCUT2D eigenvalue weighted by Crippen LogP contribution is 2.36. The van der Waals surface area contributed by atoms with Gasteiger partial charge in [-0.25, -0.2) is 0 Å². The van der Waals surface area contributed by atoms with Gasteiger partial charge in [0, 0.05) is 12.1 Å². The molecule has 146 valence electrons. The molecule has 2 N–H and O–H groups in total. The predicted octanol–water partition coefficient (Wildman–Crippen LogP) is 5.97. The number of nitrogens with one attached hydrogen (secondary N) is 1. The number of ether oxygens (including phenoxy) is 2. The maximum atomic E-state index is 9.36. The third-order valence-corrected chi connectivity index (χ3v) is 3.82. The monoisotopic (exact) mass is 443 g/mol. The van der Waals surface area contributed by atoms with Gasteiger partial charge in [0.2, 0.25) is 0 Å². The molecule has 0 spiro atoms. The quantitative estimate of drug-likeness (QED) is 0.236. The lowest BCUT2D eigenvalue weighted by molar-refractivity contribution is 0.0819. The zero-order chi connectivity index (χ0) is 19.4. The number of allylic oxidation sites excluding steroid dienone is 1. The van der Waals surface area contributed by atoms with Crippen LogP contribution in [0.3, 0.4) is 0 Å². The third-order valence-electron chi connectivity index (χ3n) is 2.95. The Bertz CT molecular complexity index is 596. The van der Waals surface area contributed by atoms with Gasteiger partial charge in [0.1, 0.15) is 16.5 Å².